The van der Waals surface area contributed by atoms with Gasteiger partial charge in [-0.15, -0.1) is 0 Å². The molecule has 0 amide bonds. The molecule has 2 aromatic rings. The Morgan fingerprint density at radius 3 is 2.38 bits per heavy atom. The predicted molar refractivity (Wildman–Crippen MR) is 89.6 cm³/mol. The second kappa shape index (κ2) is 6.03. The number of hydrogen-bond acceptors (Lipinski definition) is 1. The van der Waals surface area contributed by atoms with Gasteiger partial charge in [-0.3, -0.25) is 0 Å². The summed E-state index contributed by atoms with van der Waals surface area (Å²) < 4.78 is 0. The average Bonchev–Trinajstić information content (AvgIpc) is 2.55. The van der Waals surface area contributed by atoms with E-state index in [-0.39, 0.29) is 5.41 Å². The zero-order valence-electron chi connectivity index (χ0n) is 12.9. The van der Waals surface area contributed by atoms with Crippen molar-refractivity contribution in [2.24, 2.45) is 5.73 Å². The Bertz CT molecular complexity index is 602. The molecule has 21 heavy (non-hydrogen) atoms. The second-order valence-electron chi connectivity index (χ2n) is 6.62. The molecule has 1 nitrogen and oxygen atoms in total. The van der Waals surface area contributed by atoms with Gasteiger partial charge >= 0.3 is 0 Å². The van der Waals surface area contributed by atoms with Crippen LogP contribution in [0.3, 0.4) is 0 Å². The SMILES string of the molecule is CC(CN)(Cc1ccccc1)c1ccc2c(c1)CCCC2. The molecule has 0 fully saturated rings. The number of aryl methyl sites for hydroxylation is 2. The highest BCUT2D eigenvalue weighted by atomic mass is 14.6. The minimum absolute atomic E-state index is 0.0217. The summed E-state index contributed by atoms with van der Waals surface area (Å²) in [6.45, 7) is 2.98. The summed E-state index contributed by atoms with van der Waals surface area (Å²) in [5, 5.41) is 0. The van der Waals surface area contributed by atoms with E-state index < -0.39 is 0 Å². The first-order chi connectivity index (χ1) is 10.2. The minimum atomic E-state index is 0.0217. The molecule has 1 atom stereocenters. The summed E-state index contributed by atoms with van der Waals surface area (Å²) >= 11 is 0. The van der Waals surface area contributed by atoms with Gasteiger partial charge in [0.2, 0.25) is 0 Å². The van der Waals surface area contributed by atoms with Crippen LogP contribution in [-0.2, 0) is 24.7 Å². The molecule has 0 aliphatic heterocycles. The summed E-state index contributed by atoms with van der Waals surface area (Å²) in [5.41, 5.74) is 12.0. The Morgan fingerprint density at radius 1 is 0.952 bits per heavy atom. The molecule has 0 heterocycles. The van der Waals surface area contributed by atoms with Gasteiger partial charge in [-0.05, 0) is 54.4 Å². The van der Waals surface area contributed by atoms with Gasteiger partial charge in [0.1, 0.15) is 0 Å². The normalized spacial score (nSPS) is 17.0. The van der Waals surface area contributed by atoms with Gasteiger partial charge in [0.15, 0.2) is 0 Å². The van der Waals surface area contributed by atoms with Crippen LogP contribution in [0.1, 0.15) is 42.0 Å². The molecule has 0 saturated carbocycles. The van der Waals surface area contributed by atoms with Gasteiger partial charge in [0.05, 0.1) is 0 Å². The van der Waals surface area contributed by atoms with Crippen LogP contribution < -0.4 is 5.73 Å². The van der Waals surface area contributed by atoms with E-state index in [4.69, 9.17) is 5.73 Å². The molecule has 1 unspecified atom stereocenters. The van der Waals surface area contributed by atoms with E-state index in [1.807, 2.05) is 0 Å². The third-order valence-corrected chi connectivity index (χ3v) is 4.93. The molecular formula is C20H25N. The standard InChI is InChI=1S/C20H25N/c1-20(15-21,14-16-7-3-2-4-8-16)19-12-11-17-9-5-6-10-18(17)13-19/h2-4,7-8,11-13H,5-6,9-10,14-15,21H2,1H3. The molecule has 0 saturated heterocycles. The van der Waals surface area contributed by atoms with Crippen molar-refractivity contribution in [2.75, 3.05) is 6.54 Å². The Morgan fingerprint density at radius 2 is 1.67 bits per heavy atom. The average molecular weight is 279 g/mol. The van der Waals surface area contributed by atoms with Crippen molar-refractivity contribution >= 4 is 0 Å². The van der Waals surface area contributed by atoms with Gasteiger partial charge in [-0.25, -0.2) is 0 Å². The maximum Gasteiger partial charge on any atom is 0.00877 e. The van der Waals surface area contributed by atoms with Crippen molar-refractivity contribution in [2.45, 2.75) is 44.4 Å². The first kappa shape index (κ1) is 14.3. The van der Waals surface area contributed by atoms with Gasteiger partial charge < -0.3 is 5.73 Å². The van der Waals surface area contributed by atoms with Gasteiger partial charge in [0, 0.05) is 12.0 Å². The largest absolute Gasteiger partial charge is 0.330 e. The highest BCUT2D eigenvalue weighted by Gasteiger charge is 2.26. The number of nitrogens with two attached hydrogens (primary N) is 1. The maximum atomic E-state index is 6.16. The van der Waals surface area contributed by atoms with Crippen molar-refractivity contribution in [3.63, 3.8) is 0 Å². The minimum Gasteiger partial charge on any atom is -0.330 e. The van der Waals surface area contributed by atoms with Crippen LogP contribution in [0.4, 0.5) is 0 Å². The molecular weight excluding hydrogens is 254 g/mol. The van der Waals surface area contributed by atoms with E-state index in [1.54, 1.807) is 11.1 Å². The summed E-state index contributed by atoms with van der Waals surface area (Å²) in [4.78, 5) is 0. The molecule has 2 N–H and O–H groups in total. The van der Waals surface area contributed by atoms with Crippen LogP contribution in [-0.4, -0.2) is 6.54 Å². The molecule has 1 heteroatoms. The number of rotatable bonds is 4. The highest BCUT2D eigenvalue weighted by Crippen LogP contribution is 2.31. The zero-order chi connectivity index (χ0) is 14.7. The fraction of sp³-hybridized carbons (Fsp3) is 0.400. The third kappa shape index (κ3) is 3.03. The van der Waals surface area contributed by atoms with Crippen LogP contribution in [0.2, 0.25) is 0 Å². The van der Waals surface area contributed by atoms with Crippen molar-refractivity contribution in [1.29, 1.82) is 0 Å². The van der Waals surface area contributed by atoms with E-state index >= 15 is 0 Å². The van der Waals surface area contributed by atoms with E-state index in [1.165, 1.54) is 36.8 Å². The van der Waals surface area contributed by atoms with Crippen molar-refractivity contribution in [1.82, 2.24) is 0 Å². The fourth-order valence-corrected chi connectivity index (χ4v) is 3.45. The Kier molecular flexibility index (Phi) is 4.12. The smallest absolute Gasteiger partial charge is 0.00877 e. The van der Waals surface area contributed by atoms with E-state index in [9.17, 15) is 0 Å². The topological polar surface area (TPSA) is 26.0 Å². The Balaban J connectivity index is 1.91. The summed E-state index contributed by atoms with van der Waals surface area (Å²) in [6.07, 6.45) is 6.14. The summed E-state index contributed by atoms with van der Waals surface area (Å²) in [6, 6.07) is 17.8. The van der Waals surface area contributed by atoms with Crippen LogP contribution in [0.25, 0.3) is 0 Å². The third-order valence-electron chi connectivity index (χ3n) is 4.93. The van der Waals surface area contributed by atoms with Crippen LogP contribution in [0.5, 0.6) is 0 Å². The maximum absolute atomic E-state index is 6.16. The molecule has 1 aliphatic carbocycles. The van der Waals surface area contributed by atoms with Crippen molar-refractivity contribution in [3.05, 3.63) is 70.8 Å². The molecule has 0 spiro atoms. The lowest BCUT2D eigenvalue weighted by Gasteiger charge is -2.30. The van der Waals surface area contributed by atoms with Gasteiger partial charge in [-0.1, -0.05) is 55.5 Å². The van der Waals surface area contributed by atoms with Crippen LogP contribution >= 0.6 is 0 Å². The summed E-state index contributed by atoms with van der Waals surface area (Å²) in [7, 11) is 0. The monoisotopic (exact) mass is 279 g/mol. The Labute approximate surface area is 128 Å². The van der Waals surface area contributed by atoms with Crippen molar-refractivity contribution < 1.29 is 0 Å². The Hall–Kier alpha value is -1.60. The van der Waals surface area contributed by atoms with Crippen molar-refractivity contribution in [3.8, 4) is 0 Å². The van der Waals surface area contributed by atoms with Crippen LogP contribution in [0, 0.1) is 0 Å². The highest BCUT2D eigenvalue weighted by molar-refractivity contribution is 5.38. The van der Waals surface area contributed by atoms with Gasteiger partial charge in [-0.2, -0.15) is 0 Å². The predicted octanol–water partition coefficient (Wildman–Crippen LogP) is 4.02. The molecule has 3 rings (SSSR count). The molecule has 0 bridgehead atoms. The summed E-state index contributed by atoms with van der Waals surface area (Å²) in [5.74, 6) is 0. The number of fused-ring (bicyclic) bond motifs is 1. The number of hydrogen-bond donors (Lipinski definition) is 1. The molecule has 2 aromatic carbocycles. The first-order valence-corrected chi connectivity index (χ1v) is 8.07. The fourth-order valence-electron chi connectivity index (χ4n) is 3.45. The lowest BCUT2D eigenvalue weighted by Crippen LogP contribution is -2.34. The molecule has 1 aliphatic rings. The molecule has 110 valence electrons. The lowest BCUT2D eigenvalue weighted by atomic mass is 9.75. The quantitative estimate of drug-likeness (QED) is 0.898. The van der Waals surface area contributed by atoms with Gasteiger partial charge in [0.25, 0.3) is 0 Å². The van der Waals surface area contributed by atoms with E-state index in [0.29, 0.717) is 6.54 Å². The van der Waals surface area contributed by atoms with E-state index in [2.05, 4.69) is 55.5 Å². The number of benzene rings is 2. The molecule has 0 aromatic heterocycles. The van der Waals surface area contributed by atoms with Crippen LogP contribution in [0.15, 0.2) is 48.5 Å². The second-order valence-corrected chi connectivity index (χ2v) is 6.62. The van der Waals surface area contributed by atoms with E-state index in [0.717, 1.165) is 6.42 Å². The first-order valence-electron chi connectivity index (χ1n) is 8.07. The molecule has 0 radical (unpaired) electrons. The lowest BCUT2D eigenvalue weighted by molar-refractivity contribution is 0.479. The zero-order valence-corrected chi connectivity index (χ0v) is 12.9.